The lowest BCUT2D eigenvalue weighted by Crippen LogP contribution is -2.38. The number of carbonyl (C=O) groups excluding carboxylic acids is 1. The number of rotatable bonds is 2. The Morgan fingerprint density at radius 1 is 0.939 bits per heavy atom. The Labute approximate surface area is 194 Å². The van der Waals surface area contributed by atoms with E-state index in [-0.39, 0.29) is 25.5 Å². The minimum atomic E-state index is -0.176. The molecule has 4 heterocycles. The van der Waals surface area contributed by atoms with Gasteiger partial charge in [-0.1, -0.05) is 23.9 Å². The topological polar surface area (TPSA) is 69.6 Å². The van der Waals surface area contributed by atoms with Crippen LogP contribution in [0.4, 0.5) is 0 Å². The fourth-order valence-electron chi connectivity index (χ4n) is 5.06. The molecule has 0 bridgehead atoms. The highest BCUT2D eigenvalue weighted by Gasteiger charge is 2.42. The Morgan fingerprint density at radius 2 is 1.70 bits per heavy atom. The zero-order chi connectivity index (χ0) is 21.9. The highest BCUT2D eigenvalue weighted by Crippen LogP contribution is 2.49. The molecular formula is C25H20N2O5S. The standard InChI is InChI=1S/C25H20N2O5S/c28-22-11-33-25-26-23-15(8-14-4-6-18-20(9-14)31-12-29-18)2-1-3-17(23)24(27(22)25)16-5-7-19-21(10-16)32-13-30-19/h4-10,24H,1-3,11-13H2. The summed E-state index contributed by atoms with van der Waals surface area (Å²) in [6.07, 6.45) is 5.04. The third-order valence-electron chi connectivity index (χ3n) is 6.55. The summed E-state index contributed by atoms with van der Waals surface area (Å²) in [5.41, 5.74) is 5.47. The van der Waals surface area contributed by atoms with Crippen LogP contribution in [0.5, 0.6) is 23.0 Å². The average Bonchev–Trinajstić information content (AvgIpc) is 3.57. The number of amidine groups is 1. The third-order valence-corrected chi connectivity index (χ3v) is 7.48. The molecule has 166 valence electrons. The molecule has 1 aliphatic carbocycles. The van der Waals surface area contributed by atoms with Crippen molar-refractivity contribution in [1.82, 2.24) is 4.90 Å². The monoisotopic (exact) mass is 460 g/mol. The van der Waals surface area contributed by atoms with E-state index in [2.05, 4.69) is 6.08 Å². The van der Waals surface area contributed by atoms with Crippen molar-refractivity contribution in [2.75, 3.05) is 19.3 Å². The summed E-state index contributed by atoms with van der Waals surface area (Å²) >= 11 is 1.51. The maximum atomic E-state index is 12.9. The molecule has 2 aromatic rings. The number of hydrogen-bond donors (Lipinski definition) is 0. The molecule has 7 rings (SSSR count). The zero-order valence-electron chi connectivity index (χ0n) is 17.7. The number of hydrogen-bond acceptors (Lipinski definition) is 7. The van der Waals surface area contributed by atoms with Crippen molar-refractivity contribution in [1.29, 1.82) is 0 Å². The molecule has 1 unspecified atom stereocenters. The van der Waals surface area contributed by atoms with Crippen LogP contribution in [0.1, 0.15) is 36.4 Å². The highest BCUT2D eigenvalue weighted by molar-refractivity contribution is 8.15. The van der Waals surface area contributed by atoms with E-state index in [1.807, 2.05) is 41.3 Å². The maximum Gasteiger partial charge on any atom is 0.239 e. The third kappa shape index (κ3) is 3.04. The number of thioether (sulfide) groups is 1. The van der Waals surface area contributed by atoms with Crippen LogP contribution in [-0.4, -0.2) is 35.3 Å². The molecule has 1 fully saturated rings. The van der Waals surface area contributed by atoms with Gasteiger partial charge in [-0.15, -0.1) is 0 Å². The molecule has 0 spiro atoms. The first-order valence-electron chi connectivity index (χ1n) is 11.0. The van der Waals surface area contributed by atoms with Gasteiger partial charge < -0.3 is 18.9 Å². The lowest BCUT2D eigenvalue weighted by molar-refractivity contribution is -0.125. The lowest BCUT2D eigenvalue weighted by Gasteiger charge is -2.37. The number of allylic oxidation sites excluding steroid dienone is 1. The summed E-state index contributed by atoms with van der Waals surface area (Å²) in [7, 11) is 0. The van der Waals surface area contributed by atoms with Crippen molar-refractivity contribution >= 4 is 28.9 Å². The van der Waals surface area contributed by atoms with Crippen molar-refractivity contribution in [3.63, 3.8) is 0 Å². The molecule has 0 N–H and O–H groups in total. The molecule has 4 aliphatic heterocycles. The molecule has 7 nitrogen and oxygen atoms in total. The molecule has 5 aliphatic rings. The fourth-order valence-corrected chi connectivity index (χ4v) is 5.96. The van der Waals surface area contributed by atoms with Gasteiger partial charge in [0, 0.05) is 0 Å². The van der Waals surface area contributed by atoms with Gasteiger partial charge in [-0.25, -0.2) is 4.99 Å². The average molecular weight is 461 g/mol. The van der Waals surface area contributed by atoms with Crippen LogP contribution in [0, 0.1) is 0 Å². The number of nitrogens with zero attached hydrogens (tertiary/aromatic N) is 2. The van der Waals surface area contributed by atoms with Crippen LogP contribution >= 0.6 is 11.8 Å². The second-order valence-corrected chi connectivity index (χ2v) is 9.41. The predicted molar refractivity (Wildman–Crippen MR) is 123 cm³/mol. The van der Waals surface area contributed by atoms with E-state index in [0.29, 0.717) is 5.75 Å². The van der Waals surface area contributed by atoms with Gasteiger partial charge in [0.1, 0.15) is 0 Å². The molecule has 8 heteroatoms. The van der Waals surface area contributed by atoms with Gasteiger partial charge in [-0.2, -0.15) is 0 Å². The first-order chi connectivity index (χ1) is 16.2. The Hall–Kier alpha value is -3.39. The molecule has 0 radical (unpaired) electrons. The van der Waals surface area contributed by atoms with Crippen LogP contribution in [0.2, 0.25) is 0 Å². The second kappa shape index (κ2) is 7.31. The van der Waals surface area contributed by atoms with Gasteiger partial charge in [0.05, 0.1) is 17.5 Å². The number of ether oxygens (including phenoxy) is 4. The van der Waals surface area contributed by atoms with Crippen LogP contribution in [0.3, 0.4) is 0 Å². The van der Waals surface area contributed by atoms with Crippen LogP contribution < -0.4 is 18.9 Å². The Bertz CT molecular complexity index is 1300. The zero-order valence-corrected chi connectivity index (χ0v) is 18.5. The SMILES string of the molecule is O=C1CSC2=NC3=C(CCCC3=Cc3ccc4c(c3)OCO4)C(c3ccc4c(c3)OCO4)N12. The van der Waals surface area contributed by atoms with Crippen LogP contribution in [0.15, 0.2) is 58.2 Å². The molecule has 0 saturated carbocycles. The Morgan fingerprint density at radius 3 is 2.55 bits per heavy atom. The van der Waals surface area contributed by atoms with Crippen LogP contribution in [-0.2, 0) is 4.79 Å². The number of carbonyl (C=O) groups is 1. The van der Waals surface area contributed by atoms with E-state index in [9.17, 15) is 4.79 Å². The summed E-state index contributed by atoms with van der Waals surface area (Å²) in [4.78, 5) is 19.8. The molecule has 33 heavy (non-hydrogen) atoms. The van der Waals surface area contributed by atoms with E-state index in [1.54, 1.807) is 0 Å². The lowest BCUT2D eigenvalue weighted by atomic mass is 9.83. The first kappa shape index (κ1) is 19.1. The van der Waals surface area contributed by atoms with Crippen molar-refractivity contribution in [3.8, 4) is 23.0 Å². The van der Waals surface area contributed by atoms with Gasteiger partial charge in [0.25, 0.3) is 0 Å². The Balaban J connectivity index is 1.35. The van der Waals surface area contributed by atoms with Crippen LogP contribution in [0.25, 0.3) is 6.08 Å². The molecular weight excluding hydrogens is 440 g/mol. The van der Waals surface area contributed by atoms with Crippen molar-refractivity contribution < 1.29 is 23.7 Å². The molecule has 0 aromatic heterocycles. The predicted octanol–water partition coefficient (Wildman–Crippen LogP) is 4.65. The van der Waals surface area contributed by atoms with Gasteiger partial charge in [-0.3, -0.25) is 9.69 Å². The molecule has 2 aromatic carbocycles. The number of fused-ring (bicyclic) bond motifs is 3. The summed E-state index contributed by atoms with van der Waals surface area (Å²) < 4.78 is 22.1. The minimum absolute atomic E-state index is 0.0971. The quantitative estimate of drug-likeness (QED) is 0.650. The number of amides is 1. The number of benzene rings is 2. The molecule has 1 amide bonds. The Kier molecular flexibility index (Phi) is 4.24. The largest absolute Gasteiger partial charge is 0.454 e. The van der Waals surface area contributed by atoms with E-state index < -0.39 is 0 Å². The smallest absolute Gasteiger partial charge is 0.239 e. The maximum absolute atomic E-state index is 12.9. The van der Waals surface area contributed by atoms with E-state index in [4.69, 9.17) is 23.9 Å². The van der Waals surface area contributed by atoms with Crippen molar-refractivity contribution in [3.05, 3.63) is 64.4 Å². The van der Waals surface area contributed by atoms with Gasteiger partial charge in [0.15, 0.2) is 28.2 Å². The van der Waals surface area contributed by atoms with E-state index in [0.717, 1.165) is 64.3 Å². The van der Waals surface area contributed by atoms with Gasteiger partial charge >= 0.3 is 0 Å². The van der Waals surface area contributed by atoms with Crippen molar-refractivity contribution in [2.24, 2.45) is 4.99 Å². The van der Waals surface area contributed by atoms with E-state index >= 15 is 0 Å². The second-order valence-electron chi connectivity index (χ2n) is 8.47. The first-order valence-corrected chi connectivity index (χ1v) is 12.0. The molecule has 1 atom stereocenters. The highest BCUT2D eigenvalue weighted by atomic mass is 32.2. The summed E-state index contributed by atoms with van der Waals surface area (Å²) in [6, 6.07) is 11.8. The number of aliphatic imine (C=N–C) groups is 1. The fraction of sp³-hybridized carbons (Fsp3) is 0.280. The summed E-state index contributed by atoms with van der Waals surface area (Å²) in [5.74, 6) is 3.53. The van der Waals surface area contributed by atoms with Gasteiger partial charge in [-0.05, 0) is 71.9 Å². The normalized spacial score (nSPS) is 23.7. The molecule has 1 saturated heterocycles. The van der Waals surface area contributed by atoms with Gasteiger partial charge in [0.2, 0.25) is 19.5 Å². The van der Waals surface area contributed by atoms with Crippen molar-refractivity contribution in [2.45, 2.75) is 25.3 Å². The minimum Gasteiger partial charge on any atom is -0.454 e. The summed E-state index contributed by atoms with van der Waals surface area (Å²) in [6.45, 7) is 0.488. The summed E-state index contributed by atoms with van der Waals surface area (Å²) in [5, 5.41) is 0.778. The van der Waals surface area contributed by atoms with E-state index in [1.165, 1.54) is 22.9 Å².